The van der Waals surface area contributed by atoms with Crippen molar-refractivity contribution in [2.45, 2.75) is 51.1 Å². The smallest absolute Gasteiger partial charge is 0.295 e. The van der Waals surface area contributed by atoms with E-state index in [0.29, 0.717) is 29.3 Å². The molecule has 7 nitrogen and oxygen atoms in total. The van der Waals surface area contributed by atoms with Gasteiger partial charge in [-0.1, -0.05) is 6.92 Å². The maximum Gasteiger partial charge on any atom is 0.295 e. The van der Waals surface area contributed by atoms with Crippen molar-refractivity contribution >= 4 is 40.3 Å². The molecule has 0 aromatic carbocycles. The lowest BCUT2D eigenvalue weighted by molar-refractivity contribution is 0.482. The van der Waals surface area contributed by atoms with Gasteiger partial charge in [0.2, 0.25) is 5.28 Å². The van der Waals surface area contributed by atoms with Gasteiger partial charge >= 0.3 is 0 Å². The fourth-order valence-corrected chi connectivity index (χ4v) is 4.24. The highest BCUT2D eigenvalue weighted by atomic mass is 35.5. The molecule has 0 amide bonds. The number of anilines is 1. The molecule has 29 heavy (non-hydrogen) atoms. The van der Waals surface area contributed by atoms with E-state index in [0.717, 1.165) is 29.2 Å². The maximum absolute atomic E-state index is 13.3. The number of halogens is 1. The number of nitrogens with one attached hydrogen (secondary N) is 1. The van der Waals surface area contributed by atoms with E-state index >= 15 is 0 Å². The summed E-state index contributed by atoms with van der Waals surface area (Å²) in [5, 5.41) is 3.29. The highest BCUT2D eigenvalue weighted by molar-refractivity contribution is 7.99. The van der Waals surface area contributed by atoms with E-state index in [1.165, 1.54) is 0 Å². The number of rotatable bonds is 7. The summed E-state index contributed by atoms with van der Waals surface area (Å²) in [6.45, 7) is 6.41. The fourth-order valence-electron chi connectivity index (χ4n) is 3.41. The Hall–Kier alpha value is -2.19. The molecule has 0 radical (unpaired) electrons. The minimum atomic E-state index is -0.191. The molecule has 152 valence electrons. The second-order valence-corrected chi connectivity index (χ2v) is 8.91. The first-order valence-electron chi connectivity index (χ1n) is 9.76. The van der Waals surface area contributed by atoms with Gasteiger partial charge in [0.05, 0.1) is 17.9 Å². The third-order valence-corrected chi connectivity index (χ3v) is 6.18. The number of pyridine rings is 1. The molecule has 0 bridgehead atoms. The van der Waals surface area contributed by atoms with Crippen molar-refractivity contribution in [3.63, 3.8) is 0 Å². The van der Waals surface area contributed by atoms with E-state index in [-0.39, 0.29) is 22.7 Å². The predicted molar refractivity (Wildman–Crippen MR) is 117 cm³/mol. The molecule has 3 heterocycles. The third kappa shape index (κ3) is 4.23. The number of nitrogens with zero attached hydrogens (tertiary/aromatic N) is 5. The first-order chi connectivity index (χ1) is 14.0. The van der Waals surface area contributed by atoms with Crippen LogP contribution in [0.2, 0.25) is 5.28 Å². The zero-order chi connectivity index (χ0) is 20.5. The average Bonchev–Trinajstić information content (AvgIpc) is 3.53. The summed E-state index contributed by atoms with van der Waals surface area (Å²) >= 11 is 7.82. The van der Waals surface area contributed by atoms with Crippen molar-refractivity contribution in [2.24, 2.45) is 5.92 Å². The standard InChI is InChI=1S/C20H23ClN6OS/c1-4-29-15-8-7-14(22-10-15)9-23-17-19(28)27(12(3)13-5-6-13)18-16(25-17)11(2)24-20(21)26-18/h7-8,10,12-13H,4-6,9H2,1-3H3,(H,23,25). The van der Waals surface area contributed by atoms with Crippen LogP contribution in [-0.4, -0.2) is 30.3 Å². The van der Waals surface area contributed by atoms with Crippen LogP contribution < -0.4 is 10.9 Å². The van der Waals surface area contributed by atoms with Crippen molar-refractivity contribution in [2.75, 3.05) is 11.1 Å². The summed E-state index contributed by atoms with van der Waals surface area (Å²) in [5.74, 6) is 1.77. The number of aromatic nitrogens is 5. The molecule has 4 rings (SSSR count). The third-order valence-electron chi connectivity index (χ3n) is 5.14. The van der Waals surface area contributed by atoms with Gasteiger partial charge in [0, 0.05) is 17.1 Å². The Labute approximate surface area is 178 Å². The van der Waals surface area contributed by atoms with Gasteiger partial charge in [-0.25, -0.2) is 9.97 Å². The Kier molecular flexibility index (Phi) is 5.74. The highest BCUT2D eigenvalue weighted by Crippen LogP contribution is 2.39. The average molecular weight is 431 g/mol. The molecule has 1 aliphatic rings. The summed E-state index contributed by atoms with van der Waals surface area (Å²) in [7, 11) is 0. The largest absolute Gasteiger partial charge is 0.360 e. The number of aryl methyl sites for hydroxylation is 1. The van der Waals surface area contributed by atoms with Gasteiger partial charge in [-0.3, -0.25) is 14.3 Å². The molecule has 0 saturated heterocycles. The van der Waals surface area contributed by atoms with Crippen molar-refractivity contribution < 1.29 is 0 Å². The van der Waals surface area contributed by atoms with Gasteiger partial charge < -0.3 is 5.32 Å². The van der Waals surface area contributed by atoms with Crippen LogP contribution in [0.3, 0.4) is 0 Å². The van der Waals surface area contributed by atoms with Gasteiger partial charge in [-0.2, -0.15) is 4.98 Å². The number of hydrogen-bond donors (Lipinski definition) is 1. The summed E-state index contributed by atoms with van der Waals surface area (Å²) < 4.78 is 1.72. The lowest BCUT2D eigenvalue weighted by Gasteiger charge is -2.18. The minimum absolute atomic E-state index is 0.0300. The van der Waals surface area contributed by atoms with Crippen LogP contribution in [0.4, 0.5) is 5.82 Å². The number of thioether (sulfide) groups is 1. The molecule has 1 aliphatic carbocycles. The van der Waals surface area contributed by atoms with Crippen LogP contribution in [0.15, 0.2) is 28.0 Å². The molecule has 1 saturated carbocycles. The maximum atomic E-state index is 13.3. The molecule has 3 aromatic heterocycles. The monoisotopic (exact) mass is 430 g/mol. The SMILES string of the molecule is CCSc1ccc(CNc2nc3c(C)nc(Cl)nc3n(C(C)C3CC3)c2=O)nc1. The molecule has 1 unspecified atom stereocenters. The topological polar surface area (TPSA) is 85.6 Å². The highest BCUT2D eigenvalue weighted by Gasteiger charge is 2.32. The molecule has 0 spiro atoms. The molecule has 1 fully saturated rings. The van der Waals surface area contributed by atoms with Crippen molar-refractivity contribution in [3.05, 3.63) is 45.4 Å². The van der Waals surface area contributed by atoms with Crippen LogP contribution in [0.25, 0.3) is 11.2 Å². The minimum Gasteiger partial charge on any atom is -0.360 e. The molecular formula is C20H23ClN6OS. The first-order valence-corrected chi connectivity index (χ1v) is 11.1. The van der Waals surface area contributed by atoms with E-state index in [1.54, 1.807) is 16.3 Å². The molecular weight excluding hydrogens is 408 g/mol. The fraction of sp³-hybridized carbons (Fsp3) is 0.450. The van der Waals surface area contributed by atoms with E-state index in [2.05, 4.69) is 39.1 Å². The summed E-state index contributed by atoms with van der Waals surface area (Å²) in [6.07, 6.45) is 4.08. The zero-order valence-electron chi connectivity index (χ0n) is 16.6. The summed E-state index contributed by atoms with van der Waals surface area (Å²) in [6, 6.07) is 4.03. The van der Waals surface area contributed by atoms with Gasteiger partial charge in [-0.15, -0.1) is 11.8 Å². The quantitative estimate of drug-likeness (QED) is 0.443. The van der Waals surface area contributed by atoms with E-state index in [1.807, 2.05) is 25.3 Å². The van der Waals surface area contributed by atoms with Crippen molar-refractivity contribution in [1.82, 2.24) is 24.5 Å². The number of hydrogen-bond acceptors (Lipinski definition) is 7. The predicted octanol–water partition coefficient (Wildman–Crippen LogP) is 4.24. The Balaban J connectivity index is 1.70. The van der Waals surface area contributed by atoms with Crippen LogP contribution in [0.5, 0.6) is 0 Å². The molecule has 3 aromatic rings. The van der Waals surface area contributed by atoms with Gasteiger partial charge in [0.25, 0.3) is 5.56 Å². The van der Waals surface area contributed by atoms with Crippen LogP contribution >= 0.6 is 23.4 Å². The van der Waals surface area contributed by atoms with Crippen LogP contribution in [-0.2, 0) is 6.54 Å². The van der Waals surface area contributed by atoms with Crippen LogP contribution in [0, 0.1) is 12.8 Å². The second-order valence-electron chi connectivity index (χ2n) is 7.24. The zero-order valence-corrected chi connectivity index (χ0v) is 18.2. The summed E-state index contributed by atoms with van der Waals surface area (Å²) in [4.78, 5) is 31.9. The first kappa shape index (κ1) is 20.1. The molecule has 9 heteroatoms. The van der Waals surface area contributed by atoms with Crippen LogP contribution in [0.1, 0.15) is 44.1 Å². The normalized spacial score (nSPS) is 14.9. The lowest BCUT2D eigenvalue weighted by Crippen LogP contribution is -2.29. The molecule has 1 atom stereocenters. The second kappa shape index (κ2) is 8.28. The molecule has 0 aliphatic heterocycles. The van der Waals surface area contributed by atoms with Crippen molar-refractivity contribution in [3.8, 4) is 0 Å². The Bertz CT molecular complexity index is 1100. The van der Waals surface area contributed by atoms with E-state index in [4.69, 9.17) is 11.6 Å². The van der Waals surface area contributed by atoms with Crippen molar-refractivity contribution in [1.29, 1.82) is 0 Å². The number of fused-ring (bicyclic) bond motifs is 1. The van der Waals surface area contributed by atoms with Gasteiger partial charge in [0.15, 0.2) is 11.5 Å². The van der Waals surface area contributed by atoms with E-state index in [9.17, 15) is 4.79 Å². The Morgan fingerprint density at radius 2 is 2.10 bits per heavy atom. The Morgan fingerprint density at radius 3 is 2.76 bits per heavy atom. The summed E-state index contributed by atoms with van der Waals surface area (Å²) in [5.41, 5.74) is 2.39. The van der Waals surface area contributed by atoms with Gasteiger partial charge in [-0.05, 0) is 62.1 Å². The van der Waals surface area contributed by atoms with Gasteiger partial charge in [0.1, 0.15) is 5.52 Å². The lowest BCUT2D eigenvalue weighted by atomic mass is 10.2. The molecule has 1 N–H and O–H groups in total. The Morgan fingerprint density at radius 1 is 1.31 bits per heavy atom. The van der Waals surface area contributed by atoms with E-state index < -0.39 is 0 Å².